The Labute approximate surface area is 207 Å². The van der Waals surface area contributed by atoms with Crippen molar-refractivity contribution in [2.45, 2.75) is 5.92 Å². The number of hydrogen-bond donors (Lipinski definition) is 0. The van der Waals surface area contributed by atoms with Crippen LogP contribution in [-0.4, -0.2) is 19.6 Å². The van der Waals surface area contributed by atoms with Gasteiger partial charge in [0.05, 0.1) is 27.5 Å². The van der Waals surface area contributed by atoms with Gasteiger partial charge in [-0.3, -0.25) is 0 Å². The Morgan fingerprint density at radius 2 is 1.81 bits per heavy atom. The number of fused-ring (bicyclic) bond motifs is 6. The van der Waals surface area contributed by atoms with Gasteiger partial charge in [-0.1, -0.05) is 48.0 Å². The molecule has 0 bridgehead atoms. The van der Waals surface area contributed by atoms with Crippen LogP contribution in [0.1, 0.15) is 22.6 Å². The molecule has 1 aliphatic rings. The van der Waals surface area contributed by atoms with Crippen LogP contribution in [0.4, 0.5) is 4.39 Å². The minimum absolute atomic E-state index is 0.240. The second-order valence-corrected chi connectivity index (χ2v) is 8.77. The predicted molar refractivity (Wildman–Crippen MR) is 131 cm³/mol. The summed E-state index contributed by atoms with van der Waals surface area (Å²) in [5.74, 6) is -0.250. The Bertz CT molecular complexity index is 1900. The molecule has 0 aliphatic carbocycles. The molecule has 0 saturated heterocycles. The molecule has 0 spiro atoms. The van der Waals surface area contributed by atoms with Gasteiger partial charge in [-0.15, -0.1) is 5.10 Å². The third kappa shape index (κ3) is 3.04. The van der Waals surface area contributed by atoms with E-state index in [4.69, 9.17) is 25.7 Å². The number of hydrogen-bond acceptors (Lipinski definition) is 6. The first-order chi connectivity index (χ1) is 17.6. The van der Waals surface area contributed by atoms with Gasteiger partial charge in [0, 0.05) is 5.56 Å². The van der Waals surface area contributed by atoms with Crippen LogP contribution in [0.25, 0.3) is 28.0 Å². The van der Waals surface area contributed by atoms with E-state index in [9.17, 15) is 9.18 Å². The van der Waals surface area contributed by atoms with Gasteiger partial charge in [-0.05, 0) is 42.0 Å². The second-order valence-electron chi connectivity index (χ2n) is 8.37. The maximum absolute atomic E-state index is 14.4. The van der Waals surface area contributed by atoms with Crippen molar-refractivity contribution in [3.63, 3.8) is 0 Å². The van der Waals surface area contributed by atoms with Crippen molar-refractivity contribution in [2.24, 2.45) is 0 Å². The Balaban J connectivity index is 1.56. The van der Waals surface area contributed by atoms with E-state index >= 15 is 0 Å². The van der Waals surface area contributed by atoms with E-state index in [0.717, 1.165) is 0 Å². The Hall–Kier alpha value is -4.56. The zero-order valence-electron chi connectivity index (χ0n) is 18.4. The number of benzene rings is 3. The fourth-order valence-corrected chi connectivity index (χ4v) is 4.93. The first kappa shape index (κ1) is 20.8. The lowest BCUT2D eigenvalue weighted by molar-refractivity contribution is 0.422. The maximum Gasteiger partial charge on any atom is 0.344 e. The largest absolute Gasteiger partial charge is 0.437 e. The molecule has 1 unspecified atom stereocenters. The summed E-state index contributed by atoms with van der Waals surface area (Å²) < 4.78 is 27.8. The molecule has 0 fully saturated rings. The van der Waals surface area contributed by atoms with E-state index in [2.05, 4.69) is 10.1 Å². The molecular formula is C27H14ClFN4O3. The monoisotopic (exact) mass is 496 g/mol. The summed E-state index contributed by atoms with van der Waals surface area (Å²) in [6.07, 6.45) is 1.49. The van der Waals surface area contributed by atoms with Gasteiger partial charge in [0.15, 0.2) is 17.2 Å². The van der Waals surface area contributed by atoms with Gasteiger partial charge in [-0.25, -0.2) is 23.7 Å². The molecular weight excluding hydrogens is 483 g/mol. The van der Waals surface area contributed by atoms with Crippen molar-refractivity contribution in [2.75, 3.05) is 0 Å². The van der Waals surface area contributed by atoms with E-state index in [1.807, 2.05) is 24.3 Å². The lowest BCUT2D eigenvalue weighted by atomic mass is 9.84. The van der Waals surface area contributed by atoms with Crippen LogP contribution in [0, 0.1) is 5.82 Å². The second kappa shape index (κ2) is 7.73. The summed E-state index contributed by atoms with van der Waals surface area (Å²) in [6, 6.07) is 20.4. The standard InChI is InChI=1S/C27H14ClFN4O3/c28-18-10-3-1-8-16(18)24-31-25-22-20(14-6-5-7-15(29)12-14)21-23(36-26(22)30-13-33(25)32-24)17-9-2-4-11-19(17)35-27(21)34/h1-13,20H. The Kier molecular flexibility index (Phi) is 4.46. The van der Waals surface area contributed by atoms with Crippen LogP contribution in [0.3, 0.4) is 0 Å². The van der Waals surface area contributed by atoms with E-state index < -0.39 is 17.4 Å². The molecule has 174 valence electrons. The van der Waals surface area contributed by atoms with Crippen LogP contribution in [-0.2, 0) is 0 Å². The summed E-state index contributed by atoms with van der Waals surface area (Å²) >= 11 is 6.39. The highest BCUT2D eigenvalue weighted by Crippen LogP contribution is 2.48. The van der Waals surface area contributed by atoms with Crippen molar-refractivity contribution in [3.05, 3.63) is 117 Å². The van der Waals surface area contributed by atoms with E-state index in [1.54, 1.807) is 36.4 Å². The lowest BCUT2D eigenvalue weighted by Crippen LogP contribution is -2.22. The molecule has 6 aromatic rings. The smallest absolute Gasteiger partial charge is 0.344 e. The Morgan fingerprint density at radius 3 is 2.67 bits per heavy atom. The summed E-state index contributed by atoms with van der Waals surface area (Å²) in [5.41, 5.74) is 2.08. The topological polar surface area (TPSA) is 82.5 Å². The van der Waals surface area contributed by atoms with Gasteiger partial charge in [0.25, 0.3) is 0 Å². The highest BCUT2D eigenvalue weighted by atomic mass is 35.5. The third-order valence-electron chi connectivity index (χ3n) is 6.26. The molecule has 36 heavy (non-hydrogen) atoms. The predicted octanol–water partition coefficient (Wildman–Crippen LogP) is 5.98. The fraction of sp³-hybridized carbons (Fsp3) is 0.0370. The average molecular weight is 497 g/mol. The van der Waals surface area contributed by atoms with Gasteiger partial charge >= 0.3 is 5.63 Å². The van der Waals surface area contributed by atoms with Crippen molar-refractivity contribution in [1.29, 1.82) is 0 Å². The van der Waals surface area contributed by atoms with Gasteiger partial charge in [0.1, 0.15) is 17.7 Å². The molecule has 7 rings (SSSR count). The van der Waals surface area contributed by atoms with E-state index in [1.165, 1.54) is 23.0 Å². The molecule has 9 heteroatoms. The summed E-state index contributed by atoms with van der Waals surface area (Å²) in [5, 5.41) is 5.65. The van der Waals surface area contributed by atoms with E-state index in [0.29, 0.717) is 49.9 Å². The first-order valence-electron chi connectivity index (χ1n) is 11.1. The highest BCUT2D eigenvalue weighted by molar-refractivity contribution is 6.33. The van der Waals surface area contributed by atoms with Crippen molar-refractivity contribution < 1.29 is 13.5 Å². The summed E-state index contributed by atoms with van der Waals surface area (Å²) in [6.45, 7) is 0. The minimum Gasteiger partial charge on any atom is -0.437 e. The van der Waals surface area contributed by atoms with Gasteiger partial charge in [0.2, 0.25) is 5.88 Å². The van der Waals surface area contributed by atoms with Crippen LogP contribution in [0.5, 0.6) is 11.6 Å². The number of halogens is 2. The van der Waals surface area contributed by atoms with Crippen LogP contribution < -0.4 is 10.4 Å². The third-order valence-corrected chi connectivity index (χ3v) is 6.59. The molecule has 0 N–H and O–H groups in total. The zero-order chi connectivity index (χ0) is 24.4. The SMILES string of the molecule is O=c1oc2ccccc2c2c1C(c1cccc(F)c1)c1c(ncn3nc(-c4ccccc4Cl)nc13)O2. The molecule has 1 aliphatic heterocycles. The first-order valence-corrected chi connectivity index (χ1v) is 11.5. The lowest BCUT2D eigenvalue weighted by Gasteiger charge is -2.27. The quantitative estimate of drug-likeness (QED) is 0.274. The fourth-order valence-electron chi connectivity index (χ4n) is 4.71. The molecule has 0 saturated carbocycles. The van der Waals surface area contributed by atoms with Crippen LogP contribution >= 0.6 is 11.6 Å². The molecule has 7 nitrogen and oxygen atoms in total. The van der Waals surface area contributed by atoms with Gasteiger partial charge in [-0.2, -0.15) is 0 Å². The van der Waals surface area contributed by atoms with Crippen LogP contribution in [0.2, 0.25) is 5.02 Å². The summed E-state index contributed by atoms with van der Waals surface area (Å²) in [7, 11) is 0. The molecule has 3 aromatic heterocycles. The minimum atomic E-state index is -0.764. The molecule has 0 radical (unpaired) electrons. The average Bonchev–Trinajstić information content (AvgIpc) is 3.32. The zero-order valence-corrected chi connectivity index (χ0v) is 19.1. The number of aromatic nitrogens is 4. The van der Waals surface area contributed by atoms with Crippen molar-refractivity contribution in [3.8, 4) is 23.0 Å². The highest BCUT2D eigenvalue weighted by Gasteiger charge is 2.37. The number of rotatable bonds is 2. The molecule has 0 amide bonds. The number of nitrogens with zero attached hydrogens (tertiary/aromatic N) is 4. The number of para-hydroxylation sites is 1. The molecule has 3 aromatic carbocycles. The summed E-state index contributed by atoms with van der Waals surface area (Å²) in [4.78, 5) is 22.6. The van der Waals surface area contributed by atoms with Crippen molar-refractivity contribution >= 4 is 28.2 Å². The van der Waals surface area contributed by atoms with Crippen LogP contribution in [0.15, 0.2) is 88.3 Å². The normalized spacial score (nSPS) is 14.4. The molecule has 4 heterocycles. The Morgan fingerprint density at radius 1 is 0.972 bits per heavy atom. The maximum atomic E-state index is 14.4. The molecule has 1 atom stereocenters. The number of ether oxygens (including phenoxy) is 1. The van der Waals surface area contributed by atoms with E-state index in [-0.39, 0.29) is 11.4 Å². The van der Waals surface area contributed by atoms with Crippen molar-refractivity contribution in [1.82, 2.24) is 19.6 Å². The van der Waals surface area contributed by atoms with Gasteiger partial charge < -0.3 is 9.15 Å².